The Morgan fingerprint density at radius 1 is 1.33 bits per heavy atom. The van der Waals surface area contributed by atoms with Crippen molar-refractivity contribution in [2.45, 2.75) is 31.8 Å². The van der Waals surface area contributed by atoms with Crippen LogP contribution in [0.25, 0.3) is 0 Å². The average Bonchev–Trinajstić information content (AvgIpc) is 2.39. The predicted octanol–water partition coefficient (Wildman–Crippen LogP) is 4.81. The maximum absolute atomic E-state index is 12.2. The molecule has 1 saturated heterocycles. The highest BCUT2D eigenvalue weighted by atomic mass is 35.5. The summed E-state index contributed by atoms with van der Waals surface area (Å²) in [5, 5.41) is 0.669. The van der Waals surface area contributed by atoms with E-state index < -0.39 is 7.60 Å². The van der Waals surface area contributed by atoms with Crippen LogP contribution in [0, 0.1) is 0 Å². The summed E-state index contributed by atoms with van der Waals surface area (Å²) in [6, 6.07) is 7.52. The smallest absolute Gasteiger partial charge is 0.309 e. The normalized spacial score (nSPS) is 30.2. The summed E-state index contributed by atoms with van der Waals surface area (Å²) in [4.78, 5) is 0. The Bertz CT molecular complexity index is 450. The van der Waals surface area contributed by atoms with Gasteiger partial charge >= 0.3 is 7.60 Å². The molecule has 1 heterocycles. The van der Waals surface area contributed by atoms with Crippen molar-refractivity contribution in [2.75, 3.05) is 13.3 Å². The lowest BCUT2D eigenvalue weighted by atomic mass is 10.0. The molecule has 2 atom stereocenters. The molecule has 18 heavy (non-hydrogen) atoms. The van der Waals surface area contributed by atoms with Crippen LogP contribution >= 0.6 is 19.2 Å². The molecule has 2 unspecified atom stereocenters. The predicted molar refractivity (Wildman–Crippen MR) is 73.2 cm³/mol. The quantitative estimate of drug-likeness (QED) is 0.696. The molecule has 0 bridgehead atoms. The first-order valence-corrected chi connectivity index (χ1v) is 8.59. The summed E-state index contributed by atoms with van der Waals surface area (Å²) < 4.78 is 23.2. The molecule has 0 N–H and O–H groups in total. The van der Waals surface area contributed by atoms with Gasteiger partial charge in [-0.05, 0) is 30.5 Å². The van der Waals surface area contributed by atoms with Crippen molar-refractivity contribution in [1.82, 2.24) is 0 Å². The lowest BCUT2D eigenvalue weighted by molar-refractivity contribution is 0.151. The summed E-state index contributed by atoms with van der Waals surface area (Å²) in [5.41, 5.74) is 0.968. The number of benzene rings is 1. The van der Waals surface area contributed by atoms with Gasteiger partial charge in [0.25, 0.3) is 0 Å². The van der Waals surface area contributed by atoms with Crippen LogP contribution in [0.1, 0.15) is 37.4 Å². The molecule has 2 rings (SSSR count). The van der Waals surface area contributed by atoms with Crippen LogP contribution in [0.3, 0.4) is 0 Å². The third-order valence-electron chi connectivity index (χ3n) is 2.98. The molecule has 1 aliphatic heterocycles. The van der Waals surface area contributed by atoms with E-state index in [9.17, 15) is 4.57 Å². The van der Waals surface area contributed by atoms with Gasteiger partial charge in [-0.2, -0.15) is 0 Å². The van der Waals surface area contributed by atoms with Crippen molar-refractivity contribution in [1.29, 1.82) is 0 Å². The molecule has 3 nitrogen and oxygen atoms in total. The molecule has 0 saturated carbocycles. The van der Waals surface area contributed by atoms with Gasteiger partial charge in [0.05, 0.1) is 12.7 Å². The number of rotatable bonds is 1. The Balaban J connectivity index is 2.20. The van der Waals surface area contributed by atoms with Crippen LogP contribution in [0.4, 0.5) is 0 Å². The van der Waals surface area contributed by atoms with Gasteiger partial charge in [-0.3, -0.25) is 4.57 Å². The van der Waals surface area contributed by atoms with E-state index in [-0.39, 0.29) is 6.10 Å². The zero-order valence-corrected chi connectivity index (χ0v) is 12.1. The Morgan fingerprint density at radius 3 is 2.94 bits per heavy atom. The highest BCUT2D eigenvalue weighted by molar-refractivity contribution is 7.52. The van der Waals surface area contributed by atoms with E-state index in [2.05, 4.69) is 0 Å². The lowest BCUT2D eigenvalue weighted by Crippen LogP contribution is -2.03. The van der Waals surface area contributed by atoms with Crippen molar-refractivity contribution in [3.63, 3.8) is 0 Å². The second kappa shape index (κ2) is 6.21. The fourth-order valence-corrected chi connectivity index (χ4v) is 3.50. The van der Waals surface area contributed by atoms with Gasteiger partial charge in [0.2, 0.25) is 0 Å². The van der Waals surface area contributed by atoms with Crippen molar-refractivity contribution in [2.24, 2.45) is 0 Å². The summed E-state index contributed by atoms with van der Waals surface area (Å²) in [6.07, 6.45) is 3.70. The molecule has 0 amide bonds. The van der Waals surface area contributed by atoms with Crippen LogP contribution in [0.15, 0.2) is 24.3 Å². The lowest BCUT2D eigenvalue weighted by Gasteiger charge is -2.21. The first-order valence-electron chi connectivity index (χ1n) is 6.23. The molecule has 5 heteroatoms. The molecule has 0 aliphatic carbocycles. The van der Waals surface area contributed by atoms with E-state index in [4.69, 9.17) is 20.6 Å². The van der Waals surface area contributed by atoms with Gasteiger partial charge < -0.3 is 9.05 Å². The summed E-state index contributed by atoms with van der Waals surface area (Å²) in [6.45, 7) is 2.05. The van der Waals surface area contributed by atoms with E-state index in [1.54, 1.807) is 0 Å². The number of hydrogen-bond donors (Lipinski definition) is 0. The average molecular weight is 289 g/mol. The van der Waals surface area contributed by atoms with E-state index in [1.807, 2.05) is 24.3 Å². The van der Waals surface area contributed by atoms with Gasteiger partial charge in [0, 0.05) is 11.7 Å². The fraction of sp³-hybridized carbons (Fsp3) is 0.538. The monoisotopic (exact) mass is 288 g/mol. The van der Waals surface area contributed by atoms with Crippen LogP contribution in [-0.4, -0.2) is 13.3 Å². The van der Waals surface area contributed by atoms with Gasteiger partial charge in [0.15, 0.2) is 0 Å². The first kappa shape index (κ1) is 14.1. The van der Waals surface area contributed by atoms with E-state index in [1.165, 1.54) is 6.66 Å². The van der Waals surface area contributed by atoms with Crippen molar-refractivity contribution in [3.05, 3.63) is 34.9 Å². The van der Waals surface area contributed by atoms with Gasteiger partial charge in [0.1, 0.15) is 0 Å². The van der Waals surface area contributed by atoms with Gasteiger partial charge in [-0.1, -0.05) is 36.6 Å². The van der Waals surface area contributed by atoms with Crippen LogP contribution in [0.2, 0.25) is 5.02 Å². The molecule has 1 aromatic carbocycles. The highest BCUT2D eigenvalue weighted by Crippen LogP contribution is 2.50. The third-order valence-corrected chi connectivity index (χ3v) is 4.50. The van der Waals surface area contributed by atoms with Crippen LogP contribution in [0.5, 0.6) is 0 Å². The molecule has 0 radical (unpaired) electrons. The molecular formula is C13H18ClO3P. The molecular weight excluding hydrogens is 271 g/mol. The zero-order valence-electron chi connectivity index (χ0n) is 10.5. The SMILES string of the molecule is CP1(=O)OCCCCCC(c2cccc(Cl)c2)O1. The Morgan fingerprint density at radius 2 is 2.17 bits per heavy atom. The largest absolute Gasteiger partial charge is 0.328 e. The van der Waals surface area contributed by atoms with E-state index in [0.717, 1.165) is 31.2 Å². The zero-order chi connectivity index (χ0) is 13.0. The van der Waals surface area contributed by atoms with Crippen LogP contribution in [-0.2, 0) is 13.6 Å². The standard InChI is InChI=1S/C13H18ClO3P/c1-18(15)16-9-4-2-3-8-13(17-18)11-6-5-7-12(14)10-11/h5-7,10,13H,2-4,8-9H2,1H3. The van der Waals surface area contributed by atoms with Gasteiger partial charge in [-0.25, -0.2) is 0 Å². The molecule has 1 aliphatic rings. The topological polar surface area (TPSA) is 35.5 Å². The second-order valence-corrected chi connectivity index (χ2v) is 7.05. The molecule has 1 fully saturated rings. The maximum atomic E-state index is 12.2. The summed E-state index contributed by atoms with van der Waals surface area (Å²) in [7, 11) is -2.97. The first-order chi connectivity index (χ1) is 8.57. The number of hydrogen-bond acceptors (Lipinski definition) is 3. The molecule has 0 spiro atoms. The van der Waals surface area contributed by atoms with Crippen molar-refractivity contribution in [3.8, 4) is 0 Å². The minimum atomic E-state index is -2.97. The Hall–Kier alpha value is -0.340. The molecule has 0 aromatic heterocycles. The third kappa shape index (κ3) is 4.10. The minimum absolute atomic E-state index is 0.197. The maximum Gasteiger partial charge on any atom is 0.328 e. The minimum Gasteiger partial charge on any atom is -0.309 e. The highest BCUT2D eigenvalue weighted by Gasteiger charge is 2.25. The number of halogens is 1. The van der Waals surface area contributed by atoms with E-state index in [0.29, 0.717) is 11.6 Å². The molecule has 100 valence electrons. The van der Waals surface area contributed by atoms with Crippen molar-refractivity contribution >= 4 is 19.2 Å². The van der Waals surface area contributed by atoms with Crippen LogP contribution < -0.4 is 0 Å². The van der Waals surface area contributed by atoms with E-state index >= 15 is 0 Å². The summed E-state index contributed by atoms with van der Waals surface area (Å²) >= 11 is 5.98. The summed E-state index contributed by atoms with van der Waals surface area (Å²) in [5.74, 6) is 0. The second-order valence-electron chi connectivity index (χ2n) is 4.60. The Labute approximate surface area is 113 Å². The van der Waals surface area contributed by atoms with Gasteiger partial charge in [-0.15, -0.1) is 0 Å². The molecule has 1 aromatic rings. The fourth-order valence-electron chi connectivity index (χ4n) is 2.09. The Kier molecular flexibility index (Phi) is 4.85. The van der Waals surface area contributed by atoms with Crippen molar-refractivity contribution < 1.29 is 13.6 Å².